The maximum atomic E-state index is 14.8. The zero-order valence-corrected chi connectivity index (χ0v) is 24.3. The van der Waals surface area contributed by atoms with Gasteiger partial charge in [0.1, 0.15) is 11.3 Å². The second-order valence-electron chi connectivity index (χ2n) is 10.8. The largest absolute Gasteiger partial charge is 0.335 e. The molecule has 0 bridgehead atoms. The van der Waals surface area contributed by atoms with Gasteiger partial charge in [-0.1, -0.05) is 31.7 Å². The number of imidazole rings is 1. The Kier molecular flexibility index (Phi) is 8.06. The molecule has 1 saturated heterocycles. The number of rotatable bonds is 10. The van der Waals surface area contributed by atoms with Crippen LogP contribution >= 0.6 is 0 Å². The lowest BCUT2D eigenvalue weighted by atomic mass is 10.0. The van der Waals surface area contributed by atoms with Gasteiger partial charge in [0.05, 0.1) is 16.7 Å². The van der Waals surface area contributed by atoms with Crippen LogP contribution in [0.4, 0.5) is 4.39 Å². The first-order valence-corrected chi connectivity index (χ1v) is 14.8. The molecule has 4 aromatic heterocycles. The summed E-state index contributed by atoms with van der Waals surface area (Å²) in [6.07, 6.45) is 13.1. The number of aryl methyl sites for hydroxylation is 1. The molecule has 0 amide bonds. The van der Waals surface area contributed by atoms with E-state index in [1.807, 2.05) is 37.3 Å². The van der Waals surface area contributed by atoms with Crippen molar-refractivity contribution in [2.24, 2.45) is 0 Å². The molecule has 1 aliphatic heterocycles. The van der Waals surface area contributed by atoms with E-state index in [-0.39, 0.29) is 5.82 Å². The van der Waals surface area contributed by atoms with Crippen LogP contribution in [0.2, 0.25) is 0 Å². The van der Waals surface area contributed by atoms with Crippen molar-refractivity contribution in [3.8, 4) is 22.6 Å². The van der Waals surface area contributed by atoms with Crippen LogP contribution in [0.1, 0.15) is 50.8 Å². The first kappa shape index (κ1) is 27.7. The first-order chi connectivity index (χ1) is 20.6. The molecule has 5 heterocycles. The number of pyridine rings is 2. The fourth-order valence-electron chi connectivity index (χ4n) is 5.76. The van der Waals surface area contributed by atoms with Gasteiger partial charge in [0.25, 0.3) is 0 Å². The van der Waals surface area contributed by atoms with Gasteiger partial charge in [-0.2, -0.15) is 5.10 Å². The summed E-state index contributed by atoms with van der Waals surface area (Å²) < 4.78 is 14.8. The molecule has 6 rings (SSSR count). The predicted molar refractivity (Wildman–Crippen MR) is 168 cm³/mol. The number of likely N-dealkylation sites (tertiary alicyclic amines) is 1. The molecule has 5 aromatic rings. The minimum atomic E-state index is -0.236. The van der Waals surface area contributed by atoms with Crippen molar-refractivity contribution in [1.29, 1.82) is 0 Å². The topological polar surface area (TPSA) is 86.4 Å². The van der Waals surface area contributed by atoms with E-state index >= 15 is 0 Å². The van der Waals surface area contributed by atoms with Gasteiger partial charge in [-0.15, -0.1) is 0 Å². The molecule has 0 unspecified atom stereocenters. The summed E-state index contributed by atoms with van der Waals surface area (Å²) in [4.78, 5) is 20.2. The second-order valence-corrected chi connectivity index (χ2v) is 10.8. The van der Waals surface area contributed by atoms with Crippen molar-refractivity contribution in [2.45, 2.75) is 46.0 Å². The Morgan fingerprint density at radius 2 is 1.98 bits per heavy atom. The van der Waals surface area contributed by atoms with Crippen LogP contribution in [-0.4, -0.2) is 54.7 Å². The number of fused-ring (bicyclic) bond motifs is 2. The Balaban J connectivity index is 1.34. The zero-order valence-electron chi connectivity index (χ0n) is 24.3. The summed E-state index contributed by atoms with van der Waals surface area (Å²) in [7, 11) is 0. The number of nitrogens with zero attached hydrogens (tertiary/aromatic N) is 5. The molecule has 1 fully saturated rings. The van der Waals surface area contributed by atoms with E-state index in [4.69, 9.17) is 9.97 Å². The van der Waals surface area contributed by atoms with Crippen molar-refractivity contribution >= 4 is 27.8 Å². The second kappa shape index (κ2) is 12.2. The number of aromatic nitrogens is 6. The SMILES string of the molecule is C=C/C(=C\C(=C/C)c1ccc2[nH]nc(-c3nc4nccc(-c5cc(F)cc(CCCN6CCCC6)c5)c4[nH]3)c2n1)CC. The molecule has 1 aliphatic rings. The highest BCUT2D eigenvalue weighted by Crippen LogP contribution is 2.32. The number of H-pyrrole nitrogens is 2. The number of halogens is 1. The number of aromatic amines is 2. The third-order valence-electron chi connectivity index (χ3n) is 8.05. The highest BCUT2D eigenvalue weighted by molar-refractivity contribution is 5.95. The summed E-state index contributed by atoms with van der Waals surface area (Å²) >= 11 is 0. The van der Waals surface area contributed by atoms with E-state index in [2.05, 4.69) is 50.7 Å². The van der Waals surface area contributed by atoms with Crippen molar-refractivity contribution in [3.05, 3.63) is 90.0 Å². The molecule has 0 spiro atoms. The van der Waals surface area contributed by atoms with Crippen LogP contribution in [0.25, 0.3) is 50.4 Å². The van der Waals surface area contributed by atoms with Gasteiger partial charge in [0.15, 0.2) is 17.2 Å². The van der Waals surface area contributed by atoms with Gasteiger partial charge >= 0.3 is 0 Å². The molecule has 2 N–H and O–H groups in total. The van der Waals surface area contributed by atoms with E-state index < -0.39 is 0 Å². The number of nitrogens with one attached hydrogen (secondary N) is 2. The average Bonchev–Trinajstić information content (AvgIpc) is 3.77. The van der Waals surface area contributed by atoms with Gasteiger partial charge in [-0.05, 0) is 117 Å². The Morgan fingerprint density at radius 1 is 1.12 bits per heavy atom. The maximum Gasteiger partial charge on any atom is 0.178 e. The summed E-state index contributed by atoms with van der Waals surface area (Å²) in [6.45, 7) is 11.4. The Hall–Kier alpha value is -4.43. The third-order valence-corrected chi connectivity index (χ3v) is 8.05. The van der Waals surface area contributed by atoms with E-state index in [1.54, 1.807) is 18.3 Å². The predicted octanol–water partition coefficient (Wildman–Crippen LogP) is 7.66. The number of hydrogen-bond donors (Lipinski definition) is 2. The smallest absolute Gasteiger partial charge is 0.178 e. The zero-order chi connectivity index (χ0) is 29.1. The Bertz CT molecular complexity index is 1800. The van der Waals surface area contributed by atoms with E-state index in [9.17, 15) is 4.39 Å². The monoisotopic (exact) mass is 561 g/mol. The fourth-order valence-corrected chi connectivity index (χ4v) is 5.76. The molecule has 42 heavy (non-hydrogen) atoms. The highest BCUT2D eigenvalue weighted by Gasteiger charge is 2.18. The summed E-state index contributed by atoms with van der Waals surface area (Å²) in [5.74, 6) is 0.320. The molecular weight excluding hydrogens is 525 g/mol. The molecule has 1 aromatic carbocycles. The fraction of sp³-hybridized carbons (Fsp3) is 0.294. The van der Waals surface area contributed by atoms with Gasteiger partial charge in [-0.25, -0.2) is 19.3 Å². The van der Waals surface area contributed by atoms with E-state index in [1.165, 1.54) is 25.9 Å². The van der Waals surface area contributed by atoms with E-state index in [0.29, 0.717) is 22.7 Å². The minimum absolute atomic E-state index is 0.236. The number of allylic oxidation sites excluding steroid dienone is 5. The quantitative estimate of drug-likeness (QED) is 0.171. The summed E-state index contributed by atoms with van der Waals surface area (Å²) in [5.41, 5.74) is 9.06. The van der Waals surface area contributed by atoms with Crippen LogP contribution in [0.3, 0.4) is 0 Å². The first-order valence-electron chi connectivity index (χ1n) is 14.8. The van der Waals surface area contributed by atoms with E-state index in [0.717, 1.165) is 70.4 Å². The van der Waals surface area contributed by atoms with Gasteiger partial charge in [0.2, 0.25) is 0 Å². The Morgan fingerprint density at radius 3 is 2.76 bits per heavy atom. The van der Waals surface area contributed by atoms with Gasteiger partial charge in [0, 0.05) is 11.8 Å². The molecule has 8 heteroatoms. The average molecular weight is 562 g/mol. The molecule has 0 radical (unpaired) electrons. The van der Waals surface area contributed by atoms with Crippen LogP contribution in [0, 0.1) is 5.82 Å². The van der Waals surface area contributed by atoms with Crippen LogP contribution < -0.4 is 0 Å². The van der Waals surface area contributed by atoms with Crippen molar-refractivity contribution < 1.29 is 4.39 Å². The lowest BCUT2D eigenvalue weighted by Crippen LogP contribution is -2.20. The lowest BCUT2D eigenvalue weighted by molar-refractivity contribution is 0.334. The number of hydrogen-bond acceptors (Lipinski definition) is 5. The third kappa shape index (κ3) is 5.67. The van der Waals surface area contributed by atoms with Crippen molar-refractivity contribution in [3.63, 3.8) is 0 Å². The lowest BCUT2D eigenvalue weighted by Gasteiger charge is -2.14. The molecule has 0 aliphatic carbocycles. The number of benzene rings is 1. The summed E-state index contributed by atoms with van der Waals surface area (Å²) in [5, 5.41) is 7.64. The molecule has 7 nitrogen and oxygen atoms in total. The van der Waals surface area contributed by atoms with Crippen LogP contribution in [0.15, 0.2) is 73.0 Å². The molecular formula is C34H36FN7. The van der Waals surface area contributed by atoms with Gasteiger partial charge < -0.3 is 9.88 Å². The standard InChI is InChI=1S/C34H36FN7/c1-4-22(5-2)18-24(6-3)28-11-12-29-31(37-28)32(41-40-29)34-38-30-27(13-14-36-33(30)39-34)25-19-23(20-26(35)21-25)10-9-17-42-15-7-8-16-42/h4,6,11-14,18-21H,1,5,7-10,15-17H2,2-3H3,(H,40,41)(H,36,38,39)/b22-18+,24-6+. The molecule has 214 valence electrons. The molecule has 0 saturated carbocycles. The maximum absolute atomic E-state index is 14.8. The van der Waals surface area contributed by atoms with Crippen LogP contribution in [0.5, 0.6) is 0 Å². The van der Waals surface area contributed by atoms with Crippen LogP contribution in [-0.2, 0) is 6.42 Å². The van der Waals surface area contributed by atoms with Crippen molar-refractivity contribution in [1.82, 2.24) is 35.0 Å². The normalized spacial score (nSPS) is 14.8. The van der Waals surface area contributed by atoms with Gasteiger partial charge in [-0.3, -0.25) is 5.10 Å². The Labute approximate surface area is 245 Å². The highest BCUT2D eigenvalue weighted by atomic mass is 19.1. The summed E-state index contributed by atoms with van der Waals surface area (Å²) in [6, 6.07) is 11.2. The minimum Gasteiger partial charge on any atom is -0.335 e. The van der Waals surface area contributed by atoms with Crippen molar-refractivity contribution in [2.75, 3.05) is 19.6 Å². The molecule has 0 atom stereocenters.